The summed E-state index contributed by atoms with van der Waals surface area (Å²) in [5.74, 6) is 0. The van der Waals surface area contributed by atoms with Gasteiger partial charge in [0, 0.05) is 0 Å². The largest absolute Gasteiger partial charge is 0.416 e. The van der Waals surface area contributed by atoms with Crippen LogP contribution < -0.4 is 4.87 Å². The summed E-state index contributed by atoms with van der Waals surface area (Å²) in [6.45, 7) is 0. The fourth-order valence-electron chi connectivity index (χ4n) is 2.20. The molecule has 24 heavy (non-hydrogen) atoms. The van der Waals surface area contributed by atoms with Crippen LogP contribution in [0.5, 0.6) is 0 Å². The van der Waals surface area contributed by atoms with Crippen molar-refractivity contribution in [3.63, 3.8) is 0 Å². The highest BCUT2D eigenvalue weighted by Gasteiger charge is 2.31. The van der Waals surface area contributed by atoms with Crippen molar-refractivity contribution in [2.24, 2.45) is 0 Å². The third kappa shape index (κ3) is 3.00. The Bertz CT molecular complexity index is 1030. The average Bonchev–Trinajstić information content (AvgIpc) is 2.81. The molecule has 0 radical (unpaired) electrons. The van der Waals surface area contributed by atoms with Gasteiger partial charge in [0.2, 0.25) is 0 Å². The number of hydrogen-bond donors (Lipinski definition) is 1. The van der Waals surface area contributed by atoms with Crippen molar-refractivity contribution in [1.82, 2.24) is 4.57 Å². The summed E-state index contributed by atoms with van der Waals surface area (Å²) >= 11 is 4.54. The molecule has 0 spiro atoms. The van der Waals surface area contributed by atoms with Crippen molar-refractivity contribution >= 4 is 44.2 Å². The van der Waals surface area contributed by atoms with E-state index < -0.39 is 27.7 Å². The number of thiazole rings is 1. The molecule has 0 saturated carbocycles. The first-order chi connectivity index (χ1) is 11.2. The molecule has 0 amide bonds. The molecule has 0 saturated heterocycles. The Balaban J connectivity index is 2.22. The lowest BCUT2D eigenvalue weighted by molar-refractivity contribution is -0.137. The van der Waals surface area contributed by atoms with Crippen LogP contribution in [0.4, 0.5) is 13.2 Å². The molecule has 1 atom stereocenters. The van der Waals surface area contributed by atoms with E-state index in [1.807, 2.05) is 0 Å². The van der Waals surface area contributed by atoms with Crippen LogP contribution in [0.15, 0.2) is 46.1 Å². The highest BCUT2D eigenvalue weighted by Crippen LogP contribution is 2.34. The van der Waals surface area contributed by atoms with Gasteiger partial charge < -0.3 is 4.55 Å². The zero-order valence-electron chi connectivity index (χ0n) is 11.5. The molecular formula is C14H7ClF3NO3S2. The molecule has 10 heteroatoms. The van der Waals surface area contributed by atoms with Gasteiger partial charge in [0.15, 0.2) is 11.1 Å². The van der Waals surface area contributed by atoms with Crippen LogP contribution in [-0.4, -0.2) is 13.3 Å². The van der Waals surface area contributed by atoms with Crippen LogP contribution in [0.1, 0.15) is 5.56 Å². The monoisotopic (exact) mass is 393 g/mol. The third-order valence-corrected chi connectivity index (χ3v) is 5.13. The molecule has 0 bridgehead atoms. The Hall–Kier alpha value is -1.68. The predicted molar refractivity (Wildman–Crippen MR) is 86.5 cm³/mol. The highest BCUT2D eigenvalue weighted by atomic mass is 35.5. The molecule has 4 nitrogen and oxygen atoms in total. The minimum absolute atomic E-state index is 0.110. The first kappa shape index (κ1) is 17.2. The maximum atomic E-state index is 12.7. The quantitative estimate of drug-likeness (QED) is 0.660. The smallest absolute Gasteiger partial charge is 0.302 e. The van der Waals surface area contributed by atoms with E-state index in [1.165, 1.54) is 22.8 Å². The molecule has 0 aliphatic rings. The standard InChI is InChI=1S/C14H7ClF3NO3S2/c15-9-5-7(14(16,17)18)1-3-10(9)19-11-4-2-8(24(21)22)6-12(11)23-13(19)20/h1-6H,(H,21,22). The predicted octanol–water partition coefficient (Wildman–Crippen LogP) is 4.31. The number of halogens is 4. The maximum absolute atomic E-state index is 12.7. The number of hydrogen-bond acceptors (Lipinski definition) is 3. The second kappa shape index (κ2) is 5.99. The van der Waals surface area contributed by atoms with Gasteiger partial charge in [0.1, 0.15) is 0 Å². The van der Waals surface area contributed by atoms with Crippen molar-refractivity contribution in [3.05, 3.63) is 56.7 Å². The summed E-state index contributed by atoms with van der Waals surface area (Å²) in [6, 6.07) is 6.91. The van der Waals surface area contributed by atoms with E-state index in [2.05, 4.69) is 0 Å². The van der Waals surface area contributed by atoms with Gasteiger partial charge in [-0.3, -0.25) is 9.36 Å². The fraction of sp³-hybridized carbons (Fsp3) is 0.0714. The Morgan fingerprint density at radius 2 is 1.88 bits per heavy atom. The van der Waals surface area contributed by atoms with Gasteiger partial charge in [-0.1, -0.05) is 22.9 Å². The summed E-state index contributed by atoms with van der Waals surface area (Å²) in [5, 5.41) is -0.221. The van der Waals surface area contributed by atoms with Gasteiger partial charge in [-0.05, 0) is 36.4 Å². The van der Waals surface area contributed by atoms with E-state index in [-0.39, 0.29) is 15.6 Å². The van der Waals surface area contributed by atoms with Crippen LogP contribution in [-0.2, 0) is 17.3 Å². The molecule has 0 aliphatic carbocycles. The normalized spacial score (nSPS) is 13.4. The topological polar surface area (TPSA) is 59.3 Å². The molecule has 126 valence electrons. The first-order valence-corrected chi connectivity index (χ1v) is 8.62. The van der Waals surface area contributed by atoms with E-state index in [4.69, 9.17) is 16.2 Å². The van der Waals surface area contributed by atoms with E-state index >= 15 is 0 Å². The summed E-state index contributed by atoms with van der Waals surface area (Å²) < 4.78 is 59.9. The first-order valence-electron chi connectivity index (χ1n) is 6.32. The van der Waals surface area contributed by atoms with Crippen LogP contribution in [0.25, 0.3) is 15.9 Å². The maximum Gasteiger partial charge on any atom is 0.416 e. The molecule has 1 aromatic heterocycles. The van der Waals surface area contributed by atoms with Crippen LogP contribution in [0.2, 0.25) is 5.02 Å². The van der Waals surface area contributed by atoms with E-state index in [9.17, 15) is 22.2 Å². The van der Waals surface area contributed by atoms with E-state index in [1.54, 1.807) is 0 Å². The highest BCUT2D eigenvalue weighted by molar-refractivity contribution is 7.79. The zero-order valence-corrected chi connectivity index (χ0v) is 13.9. The zero-order chi connectivity index (χ0) is 17.6. The second-order valence-corrected chi connectivity index (χ2v) is 7.12. The lowest BCUT2D eigenvalue weighted by Gasteiger charge is -2.11. The Morgan fingerprint density at radius 3 is 2.46 bits per heavy atom. The Labute approximate surface area is 144 Å². The van der Waals surface area contributed by atoms with Crippen molar-refractivity contribution in [2.45, 2.75) is 11.1 Å². The minimum Gasteiger partial charge on any atom is -0.302 e. The molecule has 0 fully saturated rings. The molecule has 1 unspecified atom stereocenters. The van der Waals surface area contributed by atoms with Crippen molar-refractivity contribution < 1.29 is 21.9 Å². The summed E-state index contributed by atoms with van der Waals surface area (Å²) in [7, 11) is 0. The third-order valence-electron chi connectivity index (χ3n) is 3.27. The second-order valence-electron chi connectivity index (χ2n) is 4.75. The number of fused-ring (bicyclic) bond motifs is 1. The number of benzene rings is 2. The SMILES string of the molecule is O=c1sc2cc(S(=O)O)ccc2n1-c1ccc(C(F)(F)F)cc1Cl. The van der Waals surface area contributed by atoms with Gasteiger partial charge in [0.05, 0.1) is 31.4 Å². The van der Waals surface area contributed by atoms with Gasteiger partial charge in [0.25, 0.3) is 0 Å². The van der Waals surface area contributed by atoms with Gasteiger partial charge in [-0.25, -0.2) is 4.21 Å². The van der Waals surface area contributed by atoms with Gasteiger partial charge in [-0.15, -0.1) is 0 Å². The van der Waals surface area contributed by atoms with E-state index in [0.717, 1.165) is 29.5 Å². The Kier molecular flexibility index (Phi) is 4.28. The lowest BCUT2D eigenvalue weighted by Crippen LogP contribution is -2.12. The van der Waals surface area contributed by atoms with Crippen LogP contribution in [0.3, 0.4) is 0 Å². The molecule has 1 N–H and O–H groups in total. The molecule has 2 aromatic carbocycles. The van der Waals surface area contributed by atoms with Gasteiger partial charge in [-0.2, -0.15) is 13.2 Å². The molecule has 1 heterocycles. The van der Waals surface area contributed by atoms with E-state index in [0.29, 0.717) is 10.2 Å². The van der Waals surface area contributed by atoms with Crippen molar-refractivity contribution in [2.75, 3.05) is 0 Å². The molecule has 3 aromatic rings. The fourth-order valence-corrected chi connectivity index (χ4v) is 3.87. The summed E-state index contributed by atoms with van der Waals surface area (Å²) in [5.41, 5.74) is -0.415. The number of alkyl halides is 3. The van der Waals surface area contributed by atoms with Crippen molar-refractivity contribution in [1.29, 1.82) is 0 Å². The number of rotatable bonds is 2. The Morgan fingerprint density at radius 1 is 1.17 bits per heavy atom. The minimum atomic E-state index is -4.54. The summed E-state index contributed by atoms with van der Waals surface area (Å²) in [6.07, 6.45) is -4.54. The lowest BCUT2D eigenvalue weighted by atomic mass is 10.2. The van der Waals surface area contributed by atoms with Crippen molar-refractivity contribution in [3.8, 4) is 5.69 Å². The number of nitrogens with zero attached hydrogens (tertiary/aromatic N) is 1. The molecular weight excluding hydrogens is 387 g/mol. The van der Waals surface area contributed by atoms with Crippen LogP contribution >= 0.6 is 22.9 Å². The van der Waals surface area contributed by atoms with Gasteiger partial charge >= 0.3 is 11.0 Å². The molecule has 3 rings (SSSR count). The molecule has 0 aliphatic heterocycles. The number of aromatic nitrogens is 1. The summed E-state index contributed by atoms with van der Waals surface area (Å²) in [4.78, 5) is 11.9. The average molecular weight is 394 g/mol. The van der Waals surface area contributed by atoms with Crippen LogP contribution in [0, 0.1) is 0 Å².